The van der Waals surface area contributed by atoms with Crippen molar-refractivity contribution < 1.29 is 14.3 Å². The van der Waals surface area contributed by atoms with Crippen LogP contribution in [0.2, 0.25) is 0 Å². The van der Waals surface area contributed by atoms with E-state index >= 15 is 0 Å². The molecule has 1 fully saturated rings. The maximum atomic E-state index is 13.2. The summed E-state index contributed by atoms with van der Waals surface area (Å²) in [6.07, 6.45) is 50.5. The van der Waals surface area contributed by atoms with Gasteiger partial charge in [0.2, 0.25) is 0 Å². The van der Waals surface area contributed by atoms with Crippen molar-refractivity contribution in [2.24, 2.45) is 0 Å². The van der Waals surface area contributed by atoms with E-state index in [9.17, 15) is 4.79 Å². The number of halogens is 1. The summed E-state index contributed by atoms with van der Waals surface area (Å²) in [6, 6.07) is 8.23. The highest BCUT2D eigenvalue weighted by Crippen LogP contribution is 2.25. The highest BCUT2D eigenvalue weighted by atomic mass is 35.5. The number of unbranched alkanes of at least 4 members (excludes halogenated alkanes) is 18. The summed E-state index contributed by atoms with van der Waals surface area (Å²) < 4.78 is 12.5. The van der Waals surface area contributed by atoms with Crippen LogP contribution in [0.25, 0.3) is 0 Å². The van der Waals surface area contributed by atoms with Crippen LogP contribution in [0, 0.1) is 0 Å². The Kier molecular flexibility index (Phi) is 37.6. The Labute approximate surface area is 358 Å². The molecule has 1 aliphatic rings. The first-order valence-corrected chi connectivity index (χ1v) is 23.6. The molecule has 0 saturated carbocycles. The van der Waals surface area contributed by atoms with Crippen molar-refractivity contribution in [3.63, 3.8) is 0 Å². The van der Waals surface area contributed by atoms with Gasteiger partial charge in [-0.25, -0.2) is 0 Å². The van der Waals surface area contributed by atoms with Crippen molar-refractivity contribution in [3.8, 4) is 0 Å². The molecule has 0 aromatic heterocycles. The molecule has 1 heterocycles. The van der Waals surface area contributed by atoms with E-state index in [1.165, 1.54) is 134 Å². The van der Waals surface area contributed by atoms with Gasteiger partial charge in [-0.3, -0.25) is 4.79 Å². The molecule has 6 heteroatoms. The zero-order valence-corrected chi connectivity index (χ0v) is 37.7. The van der Waals surface area contributed by atoms with Crippen LogP contribution in [0.1, 0.15) is 203 Å². The zero-order chi connectivity index (χ0) is 39.8. The van der Waals surface area contributed by atoms with E-state index in [1.54, 1.807) is 0 Å². The molecule has 2 rings (SSSR count). The van der Waals surface area contributed by atoms with Crippen molar-refractivity contribution in [2.75, 3.05) is 39.5 Å². The highest BCUT2D eigenvalue weighted by molar-refractivity contribution is 5.94. The number of allylic oxidation sites excluding steroid dienone is 8. The van der Waals surface area contributed by atoms with Gasteiger partial charge in [0.15, 0.2) is 0 Å². The molecule has 2 N–H and O–H groups in total. The molecule has 1 saturated heterocycles. The third-order valence-electron chi connectivity index (χ3n) is 10.9. The summed E-state index contributed by atoms with van der Waals surface area (Å²) in [4.78, 5) is 13.2. The predicted molar refractivity (Wildman–Crippen MR) is 250 cm³/mol. The summed E-state index contributed by atoms with van der Waals surface area (Å²) >= 11 is 0. The molecular weight excluding hydrogens is 724 g/mol. The second kappa shape index (κ2) is 40.6. The fourth-order valence-electron chi connectivity index (χ4n) is 7.31. The van der Waals surface area contributed by atoms with Crippen molar-refractivity contribution >= 4 is 18.3 Å². The molecule has 0 aliphatic carbocycles. The summed E-state index contributed by atoms with van der Waals surface area (Å²) in [5.74, 6) is 0.510. The molecule has 326 valence electrons. The van der Waals surface area contributed by atoms with Crippen LogP contribution in [0.4, 0.5) is 0 Å². The van der Waals surface area contributed by atoms with E-state index in [0.29, 0.717) is 25.7 Å². The molecule has 5 nitrogen and oxygen atoms in total. The van der Waals surface area contributed by atoms with Crippen molar-refractivity contribution in [1.82, 2.24) is 10.6 Å². The zero-order valence-electron chi connectivity index (χ0n) is 36.8. The minimum atomic E-state index is -0.130. The van der Waals surface area contributed by atoms with E-state index in [4.69, 9.17) is 9.47 Å². The maximum absolute atomic E-state index is 13.2. The second-order valence-corrected chi connectivity index (χ2v) is 16.1. The molecule has 0 radical (unpaired) electrons. The minimum Gasteiger partial charge on any atom is -0.379 e. The van der Waals surface area contributed by atoms with Gasteiger partial charge in [0.05, 0.1) is 12.7 Å². The van der Waals surface area contributed by atoms with Crippen LogP contribution in [0.5, 0.6) is 0 Å². The van der Waals surface area contributed by atoms with Crippen LogP contribution in [0.15, 0.2) is 72.9 Å². The number of benzene rings is 1. The molecule has 1 aliphatic heterocycles. The lowest BCUT2D eigenvalue weighted by Crippen LogP contribution is -2.36. The highest BCUT2D eigenvalue weighted by Gasteiger charge is 2.18. The van der Waals surface area contributed by atoms with Gasteiger partial charge in [-0.15, -0.1) is 12.4 Å². The summed E-state index contributed by atoms with van der Waals surface area (Å²) in [7, 11) is 0. The third kappa shape index (κ3) is 31.4. The van der Waals surface area contributed by atoms with E-state index in [1.807, 2.05) is 12.1 Å². The number of carbonyl (C=O) groups is 1. The molecule has 0 spiro atoms. The van der Waals surface area contributed by atoms with Gasteiger partial charge in [0, 0.05) is 25.3 Å². The minimum absolute atomic E-state index is 0. The van der Waals surface area contributed by atoms with Gasteiger partial charge in [0.25, 0.3) is 5.91 Å². The van der Waals surface area contributed by atoms with Crippen molar-refractivity contribution in [2.45, 2.75) is 193 Å². The number of hydrogen-bond acceptors (Lipinski definition) is 4. The average Bonchev–Trinajstić information content (AvgIpc) is 3.23. The normalized spacial score (nSPS) is 14.4. The van der Waals surface area contributed by atoms with Gasteiger partial charge in [-0.05, 0) is 127 Å². The van der Waals surface area contributed by atoms with Crippen LogP contribution < -0.4 is 10.6 Å². The SMILES string of the molecule is CCCCC/C=C\C/C=C\CCCCCCCCOCC(CNC(=O)c1cccc(C2CCNCC2)c1)OCCCCCCCC/C=C\C/C=C\CCCCC.Cl. The Morgan fingerprint density at radius 2 is 1.16 bits per heavy atom. The lowest BCUT2D eigenvalue weighted by Gasteiger charge is -2.23. The summed E-state index contributed by atoms with van der Waals surface area (Å²) in [5.41, 5.74) is 2.02. The average molecular weight is 812 g/mol. The molecular formula is C51H87ClN2O3. The van der Waals surface area contributed by atoms with E-state index < -0.39 is 0 Å². The largest absolute Gasteiger partial charge is 0.379 e. The van der Waals surface area contributed by atoms with Crippen LogP contribution >= 0.6 is 12.4 Å². The fraction of sp³-hybridized carbons (Fsp3) is 0.706. The summed E-state index contributed by atoms with van der Waals surface area (Å²) in [5, 5.41) is 6.61. The first-order chi connectivity index (χ1) is 27.7. The Morgan fingerprint density at radius 1 is 0.667 bits per heavy atom. The molecule has 0 bridgehead atoms. The topological polar surface area (TPSA) is 59.6 Å². The second-order valence-electron chi connectivity index (χ2n) is 16.1. The van der Waals surface area contributed by atoms with Gasteiger partial charge in [-0.2, -0.15) is 0 Å². The molecule has 1 unspecified atom stereocenters. The number of carbonyl (C=O) groups excluding carboxylic acids is 1. The quantitative estimate of drug-likeness (QED) is 0.0519. The summed E-state index contributed by atoms with van der Waals surface area (Å²) in [6.45, 7) is 9.08. The van der Waals surface area contributed by atoms with Crippen molar-refractivity contribution in [1.29, 1.82) is 0 Å². The number of hydrogen-bond donors (Lipinski definition) is 2. The van der Waals surface area contributed by atoms with Crippen molar-refractivity contribution in [3.05, 3.63) is 84.0 Å². The Bertz CT molecular complexity index is 1160. The van der Waals surface area contributed by atoms with Crippen LogP contribution in [0.3, 0.4) is 0 Å². The number of nitrogens with one attached hydrogen (secondary N) is 2. The molecule has 1 amide bonds. The van der Waals surface area contributed by atoms with Crippen LogP contribution in [-0.2, 0) is 9.47 Å². The molecule has 1 aromatic rings. The van der Waals surface area contributed by atoms with Gasteiger partial charge >= 0.3 is 0 Å². The molecule has 57 heavy (non-hydrogen) atoms. The van der Waals surface area contributed by atoms with E-state index in [0.717, 1.165) is 63.8 Å². The lowest BCUT2D eigenvalue weighted by molar-refractivity contribution is -0.0170. The van der Waals surface area contributed by atoms with Gasteiger partial charge in [0.1, 0.15) is 0 Å². The molecule has 1 atom stereocenters. The number of ether oxygens (including phenoxy) is 2. The van der Waals surface area contributed by atoms with Crippen LogP contribution in [-0.4, -0.2) is 51.5 Å². The standard InChI is InChI=1S/C51H86N2O3.ClH/c1-3-5-7-9-11-13-15-17-19-21-23-25-27-29-31-33-42-55-46-50(45-53-51(54)49-37-35-36-48(44-49)47-38-40-52-41-39-47)56-43-34-32-30-28-26-24-22-20-18-16-14-12-10-8-6-4-2;/h11-14,17-20,35-37,44,47,50,52H,3-10,15-16,21-34,38-43,45-46H2,1-2H3,(H,53,54);1H/b13-11-,14-12-,19-17-,20-18-;. The Balaban J connectivity index is 0.0000162. The first-order valence-electron chi connectivity index (χ1n) is 23.6. The lowest BCUT2D eigenvalue weighted by atomic mass is 9.89. The number of piperidine rings is 1. The Morgan fingerprint density at radius 3 is 1.70 bits per heavy atom. The van der Waals surface area contributed by atoms with E-state index in [2.05, 4.69) is 85.2 Å². The maximum Gasteiger partial charge on any atom is 0.251 e. The van der Waals surface area contributed by atoms with Gasteiger partial charge in [-0.1, -0.05) is 152 Å². The monoisotopic (exact) mass is 811 g/mol. The smallest absolute Gasteiger partial charge is 0.251 e. The number of rotatable bonds is 37. The number of amides is 1. The first kappa shape index (κ1) is 52.8. The third-order valence-corrected chi connectivity index (χ3v) is 10.9. The van der Waals surface area contributed by atoms with Gasteiger partial charge < -0.3 is 20.1 Å². The fourth-order valence-corrected chi connectivity index (χ4v) is 7.31. The predicted octanol–water partition coefficient (Wildman–Crippen LogP) is 14.3. The van der Waals surface area contributed by atoms with E-state index in [-0.39, 0.29) is 24.4 Å². The Hall–Kier alpha value is -2.18. The molecule has 1 aromatic carbocycles.